The molecule has 0 aromatic heterocycles. The van der Waals surface area contributed by atoms with Gasteiger partial charge in [0, 0.05) is 0 Å². The summed E-state index contributed by atoms with van der Waals surface area (Å²) in [4.78, 5) is 10.1. The van der Waals surface area contributed by atoms with E-state index in [-0.39, 0.29) is 34.5 Å². The standard InChI is InChI=1S/C5H7O2.CH3.W/c1-3-4-5(6)7-2;;/h3-4H,1H2,2H3;1H3;/q2*-1;+2/b4-3-;;. The second-order valence-electron chi connectivity index (χ2n) is 0.926. The van der Waals surface area contributed by atoms with Gasteiger partial charge in [0.25, 0.3) is 0 Å². The fraction of sp³-hybridized carbons (Fsp3) is 0.167. The van der Waals surface area contributed by atoms with E-state index < -0.39 is 0 Å². The van der Waals surface area contributed by atoms with Crippen molar-refractivity contribution in [2.75, 3.05) is 7.11 Å². The topological polar surface area (TPSA) is 26.3 Å². The molecule has 52 valence electrons. The van der Waals surface area contributed by atoms with Crippen LogP contribution in [0, 0.1) is 14.4 Å². The van der Waals surface area contributed by atoms with Crippen LogP contribution in [0.25, 0.3) is 0 Å². The zero-order chi connectivity index (χ0) is 5.70. The summed E-state index contributed by atoms with van der Waals surface area (Å²) in [6.07, 6.45) is 2.63. The molecule has 9 heavy (non-hydrogen) atoms. The maximum Gasteiger partial charge on any atom is 2.00 e. The molecule has 0 N–H and O–H groups in total. The van der Waals surface area contributed by atoms with E-state index in [0.717, 1.165) is 0 Å². The van der Waals surface area contributed by atoms with Crippen LogP contribution < -0.4 is 0 Å². The summed E-state index contributed by atoms with van der Waals surface area (Å²) in [6, 6.07) is 0. The summed E-state index contributed by atoms with van der Waals surface area (Å²) in [5.74, 6) is -0.366. The molecule has 0 saturated heterocycles. The van der Waals surface area contributed by atoms with Crippen molar-refractivity contribution in [1.29, 1.82) is 0 Å². The maximum absolute atomic E-state index is 10.1. The van der Waals surface area contributed by atoms with Gasteiger partial charge in [0.15, 0.2) is 0 Å². The molecule has 0 saturated carbocycles. The molecule has 2 nitrogen and oxygen atoms in total. The minimum absolute atomic E-state index is 0. The van der Waals surface area contributed by atoms with Gasteiger partial charge in [-0.25, -0.2) is 13.0 Å². The third-order valence-electron chi connectivity index (χ3n) is 0.455. The second-order valence-corrected chi connectivity index (χ2v) is 0.926. The summed E-state index contributed by atoms with van der Waals surface area (Å²) < 4.78 is 4.22. The first-order valence-electron chi connectivity index (χ1n) is 1.85. The van der Waals surface area contributed by atoms with Gasteiger partial charge >= 0.3 is 21.1 Å². The summed E-state index contributed by atoms with van der Waals surface area (Å²) in [7, 11) is 1.32. The van der Waals surface area contributed by atoms with Crippen molar-refractivity contribution in [2.45, 2.75) is 0 Å². The molecule has 0 rings (SSSR count). The monoisotopic (exact) mass is 298 g/mol. The number of esters is 1. The third-order valence-corrected chi connectivity index (χ3v) is 0.455. The molecular formula is C6H10O2W. The van der Waals surface area contributed by atoms with E-state index in [1.807, 2.05) is 0 Å². The zero-order valence-electron chi connectivity index (χ0n) is 5.59. The van der Waals surface area contributed by atoms with Crippen molar-refractivity contribution >= 4 is 5.97 Å². The van der Waals surface area contributed by atoms with E-state index in [4.69, 9.17) is 0 Å². The van der Waals surface area contributed by atoms with Crippen LogP contribution in [0.3, 0.4) is 0 Å². The molecule has 0 radical (unpaired) electrons. The Balaban J connectivity index is -0.000000180. The predicted octanol–water partition coefficient (Wildman–Crippen LogP) is 0.997. The Hall–Kier alpha value is -0.232. The molecule has 0 amide bonds. The molecule has 0 aliphatic carbocycles. The molecule has 0 aromatic carbocycles. The van der Waals surface area contributed by atoms with Crippen LogP contribution in [0.15, 0.2) is 12.2 Å². The molecular weight excluding hydrogens is 288 g/mol. The van der Waals surface area contributed by atoms with Gasteiger partial charge in [0.1, 0.15) is 0 Å². The average molecular weight is 298 g/mol. The Morgan fingerprint density at radius 3 is 2.22 bits per heavy atom. The van der Waals surface area contributed by atoms with E-state index in [2.05, 4.69) is 11.7 Å². The van der Waals surface area contributed by atoms with Crippen molar-refractivity contribution in [3.63, 3.8) is 0 Å². The number of hydrogen-bond donors (Lipinski definition) is 0. The number of ether oxygens (including phenoxy) is 1. The first-order chi connectivity index (χ1) is 3.31. The second kappa shape index (κ2) is 10.7. The van der Waals surface area contributed by atoms with Crippen molar-refractivity contribution in [3.05, 3.63) is 26.5 Å². The van der Waals surface area contributed by atoms with Crippen LogP contribution in [-0.2, 0) is 30.6 Å². The third kappa shape index (κ3) is 11.4. The van der Waals surface area contributed by atoms with E-state index in [9.17, 15) is 4.79 Å². The fourth-order valence-corrected chi connectivity index (χ4v) is 0.164. The molecule has 0 spiro atoms. The quantitative estimate of drug-likeness (QED) is 0.410. The van der Waals surface area contributed by atoms with Crippen LogP contribution in [0.1, 0.15) is 0 Å². The Morgan fingerprint density at radius 2 is 2.11 bits per heavy atom. The minimum atomic E-state index is -0.366. The van der Waals surface area contributed by atoms with Crippen LogP contribution in [0.4, 0.5) is 0 Å². The van der Waals surface area contributed by atoms with Crippen molar-refractivity contribution in [1.82, 2.24) is 0 Å². The van der Waals surface area contributed by atoms with Crippen molar-refractivity contribution in [3.8, 4) is 0 Å². The van der Waals surface area contributed by atoms with Crippen LogP contribution in [-0.4, -0.2) is 13.1 Å². The van der Waals surface area contributed by atoms with Gasteiger partial charge in [0.05, 0.1) is 7.11 Å². The predicted molar refractivity (Wildman–Crippen MR) is 32.9 cm³/mol. The molecule has 0 aromatic rings. The smallest absolute Gasteiger partial charge is 0.479 e. The molecule has 0 unspecified atom stereocenters. The SMILES string of the molecule is [CH2-]/C=C\C(=O)OC.[CH3-].[W+2]. The molecule has 0 bridgehead atoms. The van der Waals surface area contributed by atoms with Gasteiger partial charge in [-0.05, 0) is 0 Å². The molecule has 0 heterocycles. The number of carbonyl (C=O) groups is 1. The van der Waals surface area contributed by atoms with Gasteiger partial charge in [-0.2, -0.15) is 0 Å². The zero-order valence-corrected chi connectivity index (χ0v) is 8.52. The molecule has 0 aliphatic heterocycles. The Bertz CT molecular complexity index is 89.1. The average Bonchev–Trinajstić information content (AvgIpc) is 1.68. The first-order valence-corrected chi connectivity index (χ1v) is 1.85. The molecule has 0 fully saturated rings. The Labute approximate surface area is 70.5 Å². The van der Waals surface area contributed by atoms with Gasteiger partial charge in [-0.15, -0.1) is 6.08 Å². The van der Waals surface area contributed by atoms with Crippen molar-refractivity contribution in [2.24, 2.45) is 0 Å². The number of methoxy groups -OCH3 is 1. The first kappa shape index (κ1) is 15.9. The van der Waals surface area contributed by atoms with Crippen LogP contribution in [0.5, 0.6) is 0 Å². The van der Waals surface area contributed by atoms with E-state index >= 15 is 0 Å². The van der Waals surface area contributed by atoms with Gasteiger partial charge in [-0.1, -0.05) is 0 Å². The van der Waals surface area contributed by atoms with E-state index in [1.165, 1.54) is 19.3 Å². The minimum Gasteiger partial charge on any atom is -0.479 e. The normalized spacial score (nSPS) is 7.22. The van der Waals surface area contributed by atoms with E-state index in [1.54, 1.807) is 0 Å². The molecule has 0 aliphatic rings. The summed E-state index contributed by atoms with van der Waals surface area (Å²) >= 11 is 0. The van der Waals surface area contributed by atoms with Gasteiger partial charge < -0.3 is 12.2 Å². The Morgan fingerprint density at radius 1 is 1.67 bits per heavy atom. The number of hydrogen-bond acceptors (Lipinski definition) is 2. The van der Waals surface area contributed by atoms with E-state index in [0.29, 0.717) is 0 Å². The van der Waals surface area contributed by atoms with Crippen LogP contribution in [0.2, 0.25) is 0 Å². The number of allylic oxidation sites excluding steroid dienone is 1. The fourth-order valence-electron chi connectivity index (χ4n) is 0.164. The van der Waals surface area contributed by atoms with Crippen molar-refractivity contribution < 1.29 is 30.6 Å². The summed E-state index contributed by atoms with van der Waals surface area (Å²) in [6.45, 7) is 3.29. The van der Waals surface area contributed by atoms with Gasteiger partial charge in [-0.3, -0.25) is 4.79 Å². The summed E-state index contributed by atoms with van der Waals surface area (Å²) in [5, 5.41) is 0. The number of carbonyl (C=O) groups excluding carboxylic acids is 1. The molecule has 3 heteroatoms. The van der Waals surface area contributed by atoms with Crippen LogP contribution >= 0.6 is 0 Å². The summed E-state index contributed by atoms with van der Waals surface area (Å²) in [5.41, 5.74) is 0. The number of rotatable bonds is 1. The van der Waals surface area contributed by atoms with Gasteiger partial charge in [0.2, 0.25) is 5.97 Å². The molecule has 0 atom stereocenters. The largest absolute Gasteiger partial charge is 2.00 e. The Kier molecular flexibility index (Phi) is 18.9. The maximum atomic E-state index is 10.1.